The van der Waals surface area contributed by atoms with Crippen molar-refractivity contribution < 1.29 is 4.74 Å². The number of hydrogen-bond donors (Lipinski definition) is 2. The molecule has 2 aliphatic heterocycles. The summed E-state index contributed by atoms with van der Waals surface area (Å²) in [6, 6.07) is 6.88. The van der Waals surface area contributed by atoms with Gasteiger partial charge in [0.25, 0.3) is 0 Å². The summed E-state index contributed by atoms with van der Waals surface area (Å²) in [5.74, 6) is 2.76. The van der Waals surface area contributed by atoms with Crippen molar-refractivity contribution in [2.45, 2.75) is 32.9 Å². The van der Waals surface area contributed by atoms with E-state index in [2.05, 4.69) is 46.4 Å². The second-order valence-corrected chi connectivity index (χ2v) is 6.74. The average Bonchev–Trinajstić information content (AvgIpc) is 3.00. The Hall–Kier alpha value is -2.01. The molecule has 4 rings (SSSR count). The zero-order valence-corrected chi connectivity index (χ0v) is 13.8. The third-order valence-electron chi connectivity index (χ3n) is 4.85. The van der Waals surface area contributed by atoms with Gasteiger partial charge in [0.2, 0.25) is 0 Å². The Morgan fingerprint density at radius 1 is 1.39 bits per heavy atom. The Balaban J connectivity index is 1.45. The number of nitrogens with one attached hydrogen (secondary N) is 2. The van der Waals surface area contributed by atoms with Crippen LogP contribution in [-0.4, -0.2) is 29.5 Å². The number of rotatable bonds is 3. The molecule has 1 aromatic carbocycles. The van der Waals surface area contributed by atoms with E-state index in [0.717, 1.165) is 44.2 Å². The monoisotopic (exact) mass is 312 g/mol. The highest BCUT2D eigenvalue weighted by Crippen LogP contribution is 2.35. The molecular formula is C18H24N4O. The molecule has 0 unspecified atom stereocenters. The predicted molar refractivity (Wildman–Crippen MR) is 91.0 cm³/mol. The van der Waals surface area contributed by atoms with E-state index < -0.39 is 0 Å². The summed E-state index contributed by atoms with van der Waals surface area (Å²) < 4.78 is 7.96. The van der Waals surface area contributed by atoms with E-state index in [0.29, 0.717) is 12.0 Å². The van der Waals surface area contributed by atoms with Crippen LogP contribution in [0.3, 0.4) is 0 Å². The molecule has 3 heterocycles. The number of benzene rings is 1. The fourth-order valence-electron chi connectivity index (χ4n) is 3.72. The first kappa shape index (κ1) is 14.6. The first-order chi connectivity index (χ1) is 11.2. The number of fused-ring (bicyclic) bond motifs is 2. The van der Waals surface area contributed by atoms with Gasteiger partial charge >= 0.3 is 0 Å². The molecule has 0 bridgehead atoms. The summed E-state index contributed by atoms with van der Waals surface area (Å²) >= 11 is 0. The number of anilines is 1. The van der Waals surface area contributed by atoms with Gasteiger partial charge in [0.05, 0.1) is 12.8 Å². The van der Waals surface area contributed by atoms with Gasteiger partial charge in [-0.05, 0) is 19.4 Å². The van der Waals surface area contributed by atoms with Crippen molar-refractivity contribution in [1.29, 1.82) is 0 Å². The maximum Gasteiger partial charge on any atom is 0.126 e. The van der Waals surface area contributed by atoms with Crippen LogP contribution in [0.5, 0.6) is 5.75 Å². The molecule has 0 aliphatic carbocycles. The summed E-state index contributed by atoms with van der Waals surface area (Å²) in [5.41, 5.74) is 3.86. The maximum absolute atomic E-state index is 5.90. The van der Waals surface area contributed by atoms with Gasteiger partial charge in [-0.1, -0.05) is 17.7 Å². The van der Waals surface area contributed by atoms with E-state index >= 15 is 0 Å². The lowest BCUT2D eigenvalue weighted by atomic mass is 9.95. The molecule has 0 saturated heterocycles. The highest BCUT2D eigenvalue weighted by Gasteiger charge is 2.25. The fraction of sp³-hybridized carbons (Fsp3) is 0.500. The van der Waals surface area contributed by atoms with Crippen molar-refractivity contribution >= 4 is 5.82 Å². The zero-order valence-electron chi connectivity index (χ0n) is 13.8. The minimum Gasteiger partial charge on any atom is -0.493 e. The quantitative estimate of drug-likeness (QED) is 0.915. The van der Waals surface area contributed by atoms with E-state index in [1.54, 1.807) is 0 Å². The SMILES string of the molecule is Cc1cc(C)c2c(c1)[C@H](NC[C@H]1CNc3ccnn3C1)CCO2. The minimum atomic E-state index is 0.386. The summed E-state index contributed by atoms with van der Waals surface area (Å²) in [5, 5.41) is 11.6. The maximum atomic E-state index is 5.90. The average molecular weight is 312 g/mol. The van der Waals surface area contributed by atoms with Crippen LogP contribution in [-0.2, 0) is 6.54 Å². The Kier molecular flexibility index (Phi) is 3.73. The van der Waals surface area contributed by atoms with Crippen molar-refractivity contribution in [3.8, 4) is 5.75 Å². The van der Waals surface area contributed by atoms with Crippen molar-refractivity contribution in [3.05, 3.63) is 41.1 Å². The van der Waals surface area contributed by atoms with Crippen LogP contribution >= 0.6 is 0 Å². The largest absolute Gasteiger partial charge is 0.493 e. The third-order valence-corrected chi connectivity index (χ3v) is 4.85. The van der Waals surface area contributed by atoms with E-state index in [1.165, 1.54) is 16.7 Å². The van der Waals surface area contributed by atoms with Gasteiger partial charge in [0.1, 0.15) is 11.6 Å². The highest BCUT2D eigenvalue weighted by molar-refractivity contribution is 5.46. The zero-order chi connectivity index (χ0) is 15.8. The van der Waals surface area contributed by atoms with Crippen LogP contribution in [0.2, 0.25) is 0 Å². The Morgan fingerprint density at radius 2 is 2.30 bits per heavy atom. The Morgan fingerprint density at radius 3 is 3.22 bits per heavy atom. The summed E-state index contributed by atoms with van der Waals surface area (Å²) in [6.45, 7) is 8.05. The summed E-state index contributed by atoms with van der Waals surface area (Å²) in [4.78, 5) is 0. The van der Waals surface area contributed by atoms with Gasteiger partial charge in [0.15, 0.2) is 0 Å². The standard InChI is InChI=1S/C18H24N4O/c1-12-7-13(2)18-15(8-12)16(4-6-23-18)19-9-14-10-20-17-3-5-21-22(17)11-14/h3,5,7-8,14,16,19-20H,4,6,9-11H2,1-2H3/t14-,16+/m0/s1. The van der Waals surface area contributed by atoms with Crippen molar-refractivity contribution in [3.63, 3.8) is 0 Å². The van der Waals surface area contributed by atoms with Crippen molar-refractivity contribution in [1.82, 2.24) is 15.1 Å². The summed E-state index contributed by atoms with van der Waals surface area (Å²) in [7, 11) is 0. The Labute approximate surface area is 137 Å². The molecule has 122 valence electrons. The molecule has 0 saturated carbocycles. The van der Waals surface area contributed by atoms with E-state index in [4.69, 9.17) is 4.74 Å². The van der Waals surface area contributed by atoms with Crippen LogP contribution in [0, 0.1) is 19.8 Å². The number of ether oxygens (including phenoxy) is 1. The molecule has 0 spiro atoms. The molecule has 0 radical (unpaired) electrons. The lowest BCUT2D eigenvalue weighted by Gasteiger charge is -2.31. The van der Waals surface area contributed by atoms with Crippen LogP contribution in [0.15, 0.2) is 24.4 Å². The molecule has 2 N–H and O–H groups in total. The second kappa shape index (κ2) is 5.89. The molecular weight excluding hydrogens is 288 g/mol. The molecule has 0 amide bonds. The van der Waals surface area contributed by atoms with Crippen LogP contribution in [0.25, 0.3) is 0 Å². The number of nitrogens with zero attached hydrogens (tertiary/aromatic N) is 2. The van der Waals surface area contributed by atoms with Crippen LogP contribution in [0.1, 0.15) is 29.2 Å². The van der Waals surface area contributed by atoms with Gasteiger partial charge in [0, 0.05) is 49.6 Å². The lowest BCUT2D eigenvalue weighted by molar-refractivity contribution is 0.244. The van der Waals surface area contributed by atoms with E-state index in [-0.39, 0.29) is 0 Å². The number of hydrogen-bond acceptors (Lipinski definition) is 4. The van der Waals surface area contributed by atoms with Gasteiger partial charge in [-0.3, -0.25) is 0 Å². The summed E-state index contributed by atoms with van der Waals surface area (Å²) in [6.07, 6.45) is 2.89. The van der Waals surface area contributed by atoms with Gasteiger partial charge in [-0.15, -0.1) is 0 Å². The fourth-order valence-corrected chi connectivity index (χ4v) is 3.72. The molecule has 2 atom stereocenters. The van der Waals surface area contributed by atoms with Crippen LogP contribution < -0.4 is 15.4 Å². The minimum absolute atomic E-state index is 0.386. The second-order valence-electron chi connectivity index (χ2n) is 6.74. The number of aromatic nitrogens is 2. The third kappa shape index (κ3) is 2.81. The molecule has 23 heavy (non-hydrogen) atoms. The first-order valence-electron chi connectivity index (χ1n) is 8.43. The normalized spacial score (nSPS) is 22.7. The lowest BCUT2D eigenvalue weighted by Crippen LogP contribution is -2.38. The molecule has 5 heteroatoms. The molecule has 2 aromatic rings. The van der Waals surface area contributed by atoms with Gasteiger partial charge < -0.3 is 15.4 Å². The van der Waals surface area contributed by atoms with E-state index in [9.17, 15) is 0 Å². The van der Waals surface area contributed by atoms with Crippen LogP contribution in [0.4, 0.5) is 5.82 Å². The molecule has 2 aliphatic rings. The molecule has 5 nitrogen and oxygen atoms in total. The Bertz CT molecular complexity index is 709. The van der Waals surface area contributed by atoms with Gasteiger partial charge in [-0.2, -0.15) is 5.10 Å². The smallest absolute Gasteiger partial charge is 0.126 e. The van der Waals surface area contributed by atoms with Crippen molar-refractivity contribution in [2.24, 2.45) is 5.92 Å². The van der Waals surface area contributed by atoms with Crippen molar-refractivity contribution in [2.75, 3.05) is 25.0 Å². The first-order valence-corrected chi connectivity index (χ1v) is 8.43. The topological polar surface area (TPSA) is 51.1 Å². The highest BCUT2D eigenvalue weighted by atomic mass is 16.5. The van der Waals surface area contributed by atoms with E-state index in [1.807, 2.05) is 12.3 Å². The number of aryl methyl sites for hydroxylation is 2. The molecule has 0 fully saturated rings. The predicted octanol–water partition coefficient (Wildman–Crippen LogP) is 2.66. The molecule has 1 aromatic heterocycles. The van der Waals surface area contributed by atoms with Gasteiger partial charge in [-0.25, -0.2) is 4.68 Å².